The summed E-state index contributed by atoms with van der Waals surface area (Å²) in [5, 5.41) is 11.6. The van der Waals surface area contributed by atoms with Gasteiger partial charge in [-0.15, -0.1) is 5.10 Å². The first kappa shape index (κ1) is 15.5. The average molecular weight is 325 g/mol. The molecule has 122 valence electrons. The number of amides is 1. The number of carbonyl (C=O) groups is 1. The number of nitrogens with two attached hydrogens (primary N) is 1. The van der Waals surface area contributed by atoms with E-state index in [0.717, 1.165) is 5.69 Å². The summed E-state index contributed by atoms with van der Waals surface area (Å²) < 4.78 is 12.4. The Kier molecular flexibility index (Phi) is 4.37. The molecule has 0 radical (unpaired) electrons. The Morgan fingerprint density at radius 3 is 2.71 bits per heavy atom. The maximum atomic E-state index is 11.5. The normalized spacial score (nSPS) is 10.4. The highest BCUT2D eigenvalue weighted by Gasteiger charge is 2.14. The van der Waals surface area contributed by atoms with Crippen molar-refractivity contribution in [1.29, 1.82) is 0 Å². The molecule has 0 aliphatic carbocycles. The number of methoxy groups -OCH3 is 1. The molecule has 1 heterocycles. The van der Waals surface area contributed by atoms with Gasteiger partial charge in [0.05, 0.1) is 18.4 Å². The van der Waals surface area contributed by atoms with Gasteiger partial charge in [-0.05, 0) is 34.7 Å². The van der Waals surface area contributed by atoms with Gasteiger partial charge in [0.2, 0.25) is 0 Å². The zero-order chi connectivity index (χ0) is 16.9. The average Bonchev–Trinajstić information content (AvgIpc) is 3.08. The summed E-state index contributed by atoms with van der Waals surface area (Å²) in [7, 11) is 1.53. The lowest BCUT2D eigenvalue weighted by Crippen LogP contribution is -2.14. The second-order valence-electron chi connectivity index (χ2n) is 4.86. The van der Waals surface area contributed by atoms with Crippen LogP contribution in [-0.4, -0.2) is 33.2 Å². The standard InChI is InChI=1S/C16H15N5O3/c1-23-12-7-8-13(16(17)22)14(9-12)24-10-15-18-19-20-21(15)11-5-3-2-4-6-11/h2-9H,10H2,1H3,(H2,17,22). The lowest BCUT2D eigenvalue weighted by atomic mass is 10.2. The molecule has 1 amide bonds. The molecule has 0 aliphatic heterocycles. The molecule has 0 saturated carbocycles. The largest absolute Gasteiger partial charge is 0.497 e. The lowest BCUT2D eigenvalue weighted by molar-refractivity contribution is 0.0995. The number of tetrazole rings is 1. The van der Waals surface area contributed by atoms with Crippen LogP contribution in [0.4, 0.5) is 0 Å². The van der Waals surface area contributed by atoms with Crippen LogP contribution in [0.5, 0.6) is 11.5 Å². The fourth-order valence-corrected chi connectivity index (χ4v) is 2.16. The molecule has 8 heteroatoms. The van der Waals surface area contributed by atoms with E-state index in [0.29, 0.717) is 17.3 Å². The Morgan fingerprint density at radius 1 is 1.21 bits per heavy atom. The van der Waals surface area contributed by atoms with Crippen molar-refractivity contribution in [2.24, 2.45) is 5.73 Å². The van der Waals surface area contributed by atoms with Gasteiger partial charge in [-0.3, -0.25) is 4.79 Å². The summed E-state index contributed by atoms with van der Waals surface area (Å²) in [5.41, 5.74) is 6.44. The number of para-hydroxylation sites is 1. The Labute approximate surface area is 137 Å². The van der Waals surface area contributed by atoms with Crippen LogP contribution in [0.25, 0.3) is 5.69 Å². The highest BCUT2D eigenvalue weighted by atomic mass is 16.5. The molecule has 0 fully saturated rings. The predicted octanol–water partition coefficient (Wildman–Crippen LogP) is 1.35. The van der Waals surface area contributed by atoms with Crippen molar-refractivity contribution in [2.45, 2.75) is 6.61 Å². The molecule has 3 rings (SSSR count). The van der Waals surface area contributed by atoms with Crippen molar-refractivity contribution in [3.8, 4) is 17.2 Å². The number of hydrogen-bond acceptors (Lipinski definition) is 6. The van der Waals surface area contributed by atoms with E-state index in [9.17, 15) is 4.79 Å². The maximum Gasteiger partial charge on any atom is 0.252 e. The van der Waals surface area contributed by atoms with E-state index in [2.05, 4.69) is 15.5 Å². The SMILES string of the molecule is COc1ccc(C(N)=O)c(OCc2nnnn2-c2ccccc2)c1. The van der Waals surface area contributed by atoms with Gasteiger partial charge in [0.1, 0.15) is 18.1 Å². The summed E-state index contributed by atoms with van der Waals surface area (Å²) in [6.07, 6.45) is 0. The molecular weight excluding hydrogens is 310 g/mol. The van der Waals surface area contributed by atoms with E-state index in [1.807, 2.05) is 30.3 Å². The first-order valence-corrected chi connectivity index (χ1v) is 7.12. The van der Waals surface area contributed by atoms with E-state index >= 15 is 0 Å². The third-order valence-electron chi connectivity index (χ3n) is 3.35. The van der Waals surface area contributed by atoms with Crippen molar-refractivity contribution < 1.29 is 14.3 Å². The van der Waals surface area contributed by atoms with Crippen LogP contribution in [0.2, 0.25) is 0 Å². The topological polar surface area (TPSA) is 105 Å². The van der Waals surface area contributed by atoms with Crippen LogP contribution >= 0.6 is 0 Å². The molecule has 0 spiro atoms. The summed E-state index contributed by atoms with van der Waals surface area (Å²) in [4.78, 5) is 11.5. The fourth-order valence-electron chi connectivity index (χ4n) is 2.16. The summed E-state index contributed by atoms with van der Waals surface area (Å²) >= 11 is 0. The molecule has 2 N–H and O–H groups in total. The smallest absolute Gasteiger partial charge is 0.252 e. The highest BCUT2D eigenvalue weighted by molar-refractivity contribution is 5.95. The zero-order valence-electron chi connectivity index (χ0n) is 12.9. The Balaban J connectivity index is 1.85. The Morgan fingerprint density at radius 2 is 2.00 bits per heavy atom. The van der Waals surface area contributed by atoms with Gasteiger partial charge in [-0.2, -0.15) is 4.68 Å². The van der Waals surface area contributed by atoms with Crippen molar-refractivity contribution >= 4 is 5.91 Å². The van der Waals surface area contributed by atoms with E-state index in [1.54, 1.807) is 22.9 Å². The van der Waals surface area contributed by atoms with Crippen LogP contribution < -0.4 is 15.2 Å². The third-order valence-corrected chi connectivity index (χ3v) is 3.35. The Hall–Kier alpha value is -3.42. The van der Waals surface area contributed by atoms with Crippen molar-refractivity contribution in [3.05, 3.63) is 59.9 Å². The second kappa shape index (κ2) is 6.78. The first-order valence-electron chi connectivity index (χ1n) is 7.12. The molecule has 0 atom stereocenters. The minimum atomic E-state index is -0.588. The van der Waals surface area contributed by atoms with E-state index < -0.39 is 5.91 Å². The van der Waals surface area contributed by atoms with E-state index in [-0.39, 0.29) is 12.2 Å². The molecule has 0 aliphatic rings. The van der Waals surface area contributed by atoms with E-state index in [4.69, 9.17) is 15.2 Å². The van der Waals surface area contributed by atoms with E-state index in [1.165, 1.54) is 7.11 Å². The number of benzene rings is 2. The predicted molar refractivity (Wildman–Crippen MR) is 85.0 cm³/mol. The fraction of sp³-hybridized carbons (Fsp3) is 0.125. The quantitative estimate of drug-likeness (QED) is 0.733. The molecule has 0 bridgehead atoms. The number of ether oxygens (including phenoxy) is 2. The second-order valence-corrected chi connectivity index (χ2v) is 4.86. The molecule has 3 aromatic rings. The molecule has 0 unspecified atom stereocenters. The number of nitrogens with zero attached hydrogens (tertiary/aromatic N) is 4. The third kappa shape index (κ3) is 3.17. The van der Waals surface area contributed by atoms with Gasteiger partial charge in [0.25, 0.3) is 5.91 Å². The van der Waals surface area contributed by atoms with Gasteiger partial charge in [0, 0.05) is 6.07 Å². The monoisotopic (exact) mass is 325 g/mol. The van der Waals surface area contributed by atoms with Crippen molar-refractivity contribution in [2.75, 3.05) is 7.11 Å². The number of carbonyl (C=O) groups excluding carboxylic acids is 1. The Bertz CT molecular complexity index is 848. The molecule has 8 nitrogen and oxygen atoms in total. The van der Waals surface area contributed by atoms with Gasteiger partial charge < -0.3 is 15.2 Å². The van der Waals surface area contributed by atoms with Crippen LogP contribution in [0.1, 0.15) is 16.2 Å². The lowest BCUT2D eigenvalue weighted by Gasteiger charge is -2.11. The van der Waals surface area contributed by atoms with Crippen LogP contribution in [0, 0.1) is 0 Å². The number of aromatic nitrogens is 4. The summed E-state index contributed by atoms with van der Waals surface area (Å²) in [6, 6.07) is 14.2. The van der Waals surface area contributed by atoms with Gasteiger partial charge in [0.15, 0.2) is 5.82 Å². The van der Waals surface area contributed by atoms with Crippen LogP contribution in [0.15, 0.2) is 48.5 Å². The van der Waals surface area contributed by atoms with Gasteiger partial charge >= 0.3 is 0 Å². The number of hydrogen-bond donors (Lipinski definition) is 1. The molecule has 1 aromatic heterocycles. The molecule has 2 aromatic carbocycles. The molecule has 0 saturated heterocycles. The first-order chi connectivity index (χ1) is 11.7. The highest BCUT2D eigenvalue weighted by Crippen LogP contribution is 2.25. The number of rotatable bonds is 6. The van der Waals surface area contributed by atoms with Crippen molar-refractivity contribution in [1.82, 2.24) is 20.2 Å². The van der Waals surface area contributed by atoms with Gasteiger partial charge in [-0.1, -0.05) is 18.2 Å². The summed E-state index contributed by atoms with van der Waals surface area (Å²) in [6.45, 7) is 0.0648. The number of primary amides is 1. The van der Waals surface area contributed by atoms with Crippen molar-refractivity contribution in [3.63, 3.8) is 0 Å². The molecule has 24 heavy (non-hydrogen) atoms. The van der Waals surface area contributed by atoms with Crippen LogP contribution in [-0.2, 0) is 6.61 Å². The maximum absolute atomic E-state index is 11.5. The zero-order valence-corrected chi connectivity index (χ0v) is 12.9. The minimum Gasteiger partial charge on any atom is -0.497 e. The summed E-state index contributed by atoms with van der Waals surface area (Å²) in [5.74, 6) is 0.761. The molecular formula is C16H15N5O3. The van der Waals surface area contributed by atoms with Crippen LogP contribution in [0.3, 0.4) is 0 Å². The minimum absolute atomic E-state index is 0.0648. The van der Waals surface area contributed by atoms with Gasteiger partial charge in [-0.25, -0.2) is 0 Å².